The van der Waals surface area contributed by atoms with Gasteiger partial charge < -0.3 is 15.4 Å². The van der Waals surface area contributed by atoms with E-state index in [0.717, 1.165) is 31.0 Å². The standard InChI is InChI=1S/C11H16N2OS2/c1-8-5-10(16-7-8)13-11(15)12-6-9-3-2-4-14-9/h5,7,9H,2-4,6H2,1H3,(H2,12,13,15). The first-order chi connectivity index (χ1) is 7.74. The number of hydrogen-bond acceptors (Lipinski definition) is 3. The van der Waals surface area contributed by atoms with Crippen molar-refractivity contribution in [3.8, 4) is 0 Å². The Bertz CT molecular complexity index is 359. The lowest BCUT2D eigenvalue weighted by molar-refractivity contribution is 0.114. The Morgan fingerprint density at radius 2 is 2.56 bits per heavy atom. The van der Waals surface area contributed by atoms with Gasteiger partial charge in [0.1, 0.15) is 0 Å². The quantitative estimate of drug-likeness (QED) is 0.814. The first-order valence-corrected chi connectivity index (χ1v) is 6.74. The third kappa shape index (κ3) is 3.43. The largest absolute Gasteiger partial charge is 0.376 e. The van der Waals surface area contributed by atoms with E-state index in [2.05, 4.69) is 29.0 Å². The average Bonchev–Trinajstić information content (AvgIpc) is 2.87. The molecule has 5 heteroatoms. The van der Waals surface area contributed by atoms with Crippen LogP contribution in [-0.4, -0.2) is 24.4 Å². The summed E-state index contributed by atoms with van der Waals surface area (Å²) in [6.07, 6.45) is 2.62. The molecule has 1 aliphatic rings. The fraction of sp³-hybridized carbons (Fsp3) is 0.545. The molecule has 2 N–H and O–H groups in total. The third-order valence-corrected chi connectivity index (χ3v) is 3.69. The summed E-state index contributed by atoms with van der Waals surface area (Å²) in [5, 5.41) is 10.2. The number of hydrogen-bond donors (Lipinski definition) is 2. The second kappa shape index (κ2) is 5.61. The van der Waals surface area contributed by atoms with Gasteiger partial charge in [0.25, 0.3) is 0 Å². The van der Waals surface area contributed by atoms with E-state index in [9.17, 15) is 0 Å². The highest BCUT2D eigenvalue weighted by molar-refractivity contribution is 7.80. The lowest BCUT2D eigenvalue weighted by atomic mass is 10.2. The van der Waals surface area contributed by atoms with Gasteiger partial charge in [0.15, 0.2) is 5.11 Å². The lowest BCUT2D eigenvalue weighted by Crippen LogP contribution is -2.34. The van der Waals surface area contributed by atoms with Crippen LogP contribution in [0.1, 0.15) is 18.4 Å². The van der Waals surface area contributed by atoms with E-state index in [1.54, 1.807) is 11.3 Å². The fourth-order valence-electron chi connectivity index (χ4n) is 1.66. The van der Waals surface area contributed by atoms with Crippen LogP contribution in [0.15, 0.2) is 11.4 Å². The highest BCUT2D eigenvalue weighted by Gasteiger charge is 2.15. The second-order valence-corrected chi connectivity index (χ2v) is 5.28. The fourth-order valence-corrected chi connectivity index (χ4v) is 2.72. The summed E-state index contributed by atoms with van der Waals surface area (Å²) in [5.74, 6) is 0. The van der Waals surface area contributed by atoms with Gasteiger partial charge in [-0.25, -0.2) is 0 Å². The van der Waals surface area contributed by atoms with Crippen LogP contribution in [0.2, 0.25) is 0 Å². The van der Waals surface area contributed by atoms with Crippen molar-refractivity contribution in [3.05, 3.63) is 17.0 Å². The molecule has 1 saturated heterocycles. The van der Waals surface area contributed by atoms with E-state index in [1.807, 2.05) is 0 Å². The van der Waals surface area contributed by atoms with E-state index >= 15 is 0 Å². The van der Waals surface area contributed by atoms with Crippen LogP contribution in [0.4, 0.5) is 5.00 Å². The Hall–Kier alpha value is -0.650. The van der Waals surface area contributed by atoms with Gasteiger partial charge in [-0.2, -0.15) is 0 Å². The van der Waals surface area contributed by atoms with Crippen LogP contribution in [0, 0.1) is 6.92 Å². The van der Waals surface area contributed by atoms with E-state index in [0.29, 0.717) is 11.2 Å². The Morgan fingerprint density at radius 3 is 3.19 bits per heavy atom. The van der Waals surface area contributed by atoms with E-state index in [4.69, 9.17) is 17.0 Å². The van der Waals surface area contributed by atoms with Gasteiger partial charge in [0, 0.05) is 13.2 Å². The van der Waals surface area contributed by atoms with Crippen molar-refractivity contribution in [2.24, 2.45) is 0 Å². The SMILES string of the molecule is Cc1csc(NC(=S)NCC2CCCO2)c1. The molecule has 1 atom stereocenters. The van der Waals surface area contributed by atoms with Crippen molar-refractivity contribution in [2.75, 3.05) is 18.5 Å². The van der Waals surface area contributed by atoms with E-state index in [-0.39, 0.29) is 0 Å². The van der Waals surface area contributed by atoms with Crippen molar-refractivity contribution < 1.29 is 4.74 Å². The molecule has 1 aromatic heterocycles. The van der Waals surface area contributed by atoms with E-state index in [1.165, 1.54) is 5.56 Å². The maximum absolute atomic E-state index is 5.51. The van der Waals surface area contributed by atoms with Crippen molar-refractivity contribution >= 4 is 33.7 Å². The Morgan fingerprint density at radius 1 is 1.69 bits per heavy atom. The summed E-state index contributed by atoms with van der Waals surface area (Å²) in [6, 6.07) is 2.09. The molecule has 0 spiro atoms. The molecule has 16 heavy (non-hydrogen) atoms. The maximum atomic E-state index is 5.51. The third-order valence-electron chi connectivity index (χ3n) is 2.48. The zero-order chi connectivity index (χ0) is 11.4. The molecule has 0 radical (unpaired) electrons. The van der Waals surface area contributed by atoms with Crippen molar-refractivity contribution in [2.45, 2.75) is 25.9 Å². The number of thiophene rings is 1. The Kier molecular flexibility index (Phi) is 4.15. The molecule has 0 bridgehead atoms. The molecule has 88 valence electrons. The van der Waals surface area contributed by atoms with Gasteiger partial charge in [-0.3, -0.25) is 0 Å². The van der Waals surface area contributed by atoms with Crippen LogP contribution in [-0.2, 0) is 4.74 Å². The van der Waals surface area contributed by atoms with Gasteiger partial charge in [0.05, 0.1) is 11.1 Å². The van der Waals surface area contributed by atoms with Crippen LogP contribution in [0.3, 0.4) is 0 Å². The molecular formula is C11H16N2OS2. The number of rotatable bonds is 3. The van der Waals surface area contributed by atoms with Crippen LogP contribution >= 0.6 is 23.6 Å². The van der Waals surface area contributed by atoms with Crippen LogP contribution in [0.25, 0.3) is 0 Å². The minimum atomic E-state index is 0.324. The zero-order valence-corrected chi connectivity index (χ0v) is 10.9. The Labute approximate surface area is 105 Å². The zero-order valence-electron chi connectivity index (χ0n) is 9.29. The maximum Gasteiger partial charge on any atom is 0.171 e. The molecule has 1 unspecified atom stereocenters. The normalized spacial score (nSPS) is 19.7. The van der Waals surface area contributed by atoms with E-state index < -0.39 is 0 Å². The monoisotopic (exact) mass is 256 g/mol. The molecule has 2 rings (SSSR count). The smallest absolute Gasteiger partial charge is 0.171 e. The lowest BCUT2D eigenvalue weighted by Gasteiger charge is -2.12. The minimum Gasteiger partial charge on any atom is -0.376 e. The molecule has 2 heterocycles. The summed E-state index contributed by atoms with van der Waals surface area (Å²) in [5.41, 5.74) is 1.26. The molecule has 1 fully saturated rings. The molecule has 1 aromatic rings. The van der Waals surface area contributed by atoms with Crippen molar-refractivity contribution in [1.29, 1.82) is 0 Å². The molecule has 0 aromatic carbocycles. The van der Waals surface area contributed by atoms with Gasteiger partial charge in [-0.15, -0.1) is 11.3 Å². The number of ether oxygens (including phenoxy) is 1. The summed E-state index contributed by atoms with van der Waals surface area (Å²) < 4.78 is 5.51. The van der Waals surface area contributed by atoms with Gasteiger partial charge in [-0.05, 0) is 49.0 Å². The topological polar surface area (TPSA) is 33.3 Å². The summed E-state index contributed by atoms with van der Waals surface area (Å²) in [7, 11) is 0. The van der Waals surface area contributed by atoms with Gasteiger partial charge in [-0.1, -0.05) is 0 Å². The average molecular weight is 256 g/mol. The van der Waals surface area contributed by atoms with Gasteiger partial charge in [0.2, 0.25) is 0 Å². The van der Waals surface area contributed by atoms with Crippen LogP contribution in [0.5, 0.6) is 0 Å². The van der Waals surface area contributed by atoms with Gasteiger partial charge >= 0.3 is 0 Å². The summed E-state index contributed by atoms with van der Waals surface area (Å²) in [6.45, 7) is 3.76. The molecule has 1 aliphatic heterocycles. The summed E-state index contributed by atoms with van der Waals surface area (Å²) >= 11 is 6.87. The predicted octanol–water partition coefficient (Wildman–Crippen LogP) is 2.52. The van der Waals surface area contributed by atoms with Crippen LogP contribution < -0.4 is 10.6 Å². The summed E-state index contributed by atoms with van der Waals surface area (Å²) in [4.78, 5) is 0. The number of nitrogens with one attached hydrogen (secondary N) is 2. The van der Waals surface area contributed by atoms with Crippen molar-refractivity contribution in [3.63, 3.8) is 0 Å². The molecular weight excluding hydrogens is 240 g/mol. The Balaban J connectivity index is 1.71. The highest BCUT2D eigenvalue weighted by Crippen LogP contribution is 2.19. The number of aryl methyl sites for hydroxylation is 1. The first-order valence-electron chi connectivity index (χ1n) is 5.45. The molecule has 0 amide bonds. The first kappa shape index (κ1) is 11.8. The number of anilines is 1. The molecule has 0 aliphatic carbocycles. The molecule has 0 saturated carbocycles. The van der Waals surface area contributed by atoms with Crippen molar-refractivity contribution in [1.82, 2.24) is 5.32 Å². The molecule has 3 nitrogen and oxygen atoms in total. The number of thiocarbonyl (C=S) groups is 1. The minimum absolute atomic E-state index is 0.324. The predicted molar refractivity (Wildman–Crippen MR) is 72.3 cm³/mol. The second-order valence-electron chi connectivity index (χ2n) is 3.96. The highest BCUT2D eigenvalue weighted by atomic mass is 32.1.